The molecule has 1 fully saturated rings. The second kappa shape index (κ2) is 14.7. The fraction of sp³-hybridized carbons (Fsp3) is 0.875. The Balaban J connectivity index is 0.00000529. The Kier molecular flexibility index (Phi) is 14.3. The van der Waals surface area contributed by atoms with Gasteiger partial charge in [-0.25, -0.2) is 0 Å². The van der Waals surface area contributed by atoms with E-state index in [1.165, 1.54) is 7.11 Å². The van der Waals surface area contributed by atoms with Gasteiger partial charge in [-0.05, 0) is 26.2 Å². The molecule has 0 aromatic carbocycles. The van der Waals surface area contributed by atoms with Crippen LogP contribution in [0.1, 0.15) is 32.6 Å². The average Bonchev–Trinajstić information content (AvgIpc) is 2.58. The van der Waals surface area contributed by atoms with Crippen molar-refractivity contribution in [3.63, 3.8) is 0 Å². The summed E-state index contributed by atoms with van der Waals surface area (Å²) in [5.41, 5.74) is 0. The van der Waals surface area contributed by atoms with Crippen molar-refractivity contribution in [1.82, 2.24) is 10.2 Å². The Morgan fingerprint density at radius 3 is 2.54 bits per heavy atom. The summed E-state index contributed by atoms with van der Waals surface area (Å²) < 4.78 is 15.5. The Bertz CT molecular complexity index is 361. The van der Waals surface area contributed by atoms with Crippen molar-refractivity contribution in [1.29, 1.82) is 0 Å². The number of ether oxygens (including phenoxy) is 3. The molecule has 142 valence electrons. The van der Waals surface area contributed by atoms with Crippen LogP contribution in [0, 0.1) is 0 Å². The summed E-state index contributed by atoms with van der Waals surface area (Å²) in [5.74, 6) is 0.641. The van der Waals surface area contributed by atoms with Gasteiger partial charge in [-0.15, -0.1) is 24.0 Å². The lowest BCUT2D eigenvalue weighted by molar-refractivity contribution is -0.140. The third-order valence-corrected chi connectivity index (χ3v) is 3.73. The zero-order chi connectivity index (χ0) is 16.9. The molecule has 7 nitrogen and oxygen atoms in total. The maximum absolute atomic E-state index is 11.2. The quantitative estimate of drug-likeness (QED) is 0.187. The number of nitrogens with zero attached hydrogens (tertiary/aromatic N) is 2. The highest BCUT2D eigenvalue weighted by Gasteiger charge is 2.21. The lowest BCUT2D eigenvalue weighted by atomic mass is 10.1. The number of guanidine groups is 1. The smallest absolute Gasteiger partial charge is 0.307 e. The summed E-state index contributed by atoms with van der Waals surface area (Å²) in [5, 5.41) is 3.29. The van der Waals surface area contributed by atoms with Crippen LogP contribution >= 0.6 is 24.0 Å². The number of hydrogen-bond donors (Lipinski definition) is 1. The summed E-state index contributed by atoms with van der Waals surface area (Å²) in [6.07, 6.45) is 3.56. The van der Waals surface area contributed by atoms with Gasteiger partial charge in [-0.2, -0.15) is 0 Å². The highest BCUT2D eigenvalue weighted by Crippen LogP contribution is 2.14. The van der Waals surface area contributed by atoms with E-state index in [-0.39, 0.29) is 29.9 Å². The number of aliphatic imine (C=N–C) groups is 1. The van der Waals surface area contributed by atoms with Gasteiger partial charge in [-0.3, -0.25) is 9.79 Å². The van der Waals surface area contributed by atoms with E-state index in [0.717, 1.165) is 58.1 Å². The minimum Gasteiger partial charge on any atom is -0.469 e. The second-order valence-corrected chi connectivity index (χ2v) is 5.47. The zero-order valence-electron chi connectivity index (χ0n) is 15.1. The number of nitrogens with one attached hydrogen (secondary N) is 1. The maximum Gasteiger partial charge on any atom is 0.307 e. The third kappa shape index (κ3) is 9.63. The predicted octanol–water partition coefficient (Wildman–Crippen LogP) is 1.65. The number of carbonyl (C=O) groups excluding carboxylic acids is 1. The van der Waals surface area contributed by atoms with Gasteiger partial charge in [0.1, 0.15) is 0 Å². The molecule has 0 saturated carbocycles. The van der Waals surface area contributed by atoms with E-state index in [2.05, 4.69) is 19.9 Å². The van der Waals surface area contributed by atoms with E-state index in [0.29, 0.717) is 19.1 Å². The van der Waals surface area contributed by atoms with Crippen LogP contribution in [0.3, 0.4) is 0 Å². The minimum absolute atomic E-state index is 0. The molecule has 0 bridgehead atoms. The number of carbonyl (C=O) groups is 1. The van der Waals surface area contributed by atoms with Gasteiger partial charge in [0, 0.05) is 40.0 Å². The van der Waals surface area contributed by atoms with Gasteiger partial charge in [0.25, 0.3) is 0 Å². The SMILES string of the molecule is CCNC(=NCCC(=O)OC)N1CCC(OCCCOC)CC1.I. The van der Waals surface area contributed by atoms with Gasteiger partial charge >= 0.3 is 5.97 Å². The van der Waals surface area contributed by atoms with E-state index in [1.807, 2.05) is 6.92 Å². The monoisotopic (exact) mass is 457 g/mol. The van der Waals surface area contributed by atoms with Gasteiger partial charge in [0.15, 0.2) is 5.96 Å². The first-order valence-corrected chi connectivity index (χ1v) is 8.41. The van der Waals surface area contributed by atoms with Crippen molar-refractivity contribution in [2.24, 2.45) is 4.99 Å². The van der Waals surface area contributed by atoms with Crippen molar-refractivity contribution in [3.05, 3.63) is 0 Å². The first-order chi connectivity index (χ1) is 11.2. The second-order valence-electron chi connectivity index (χ2n) is 5.47. The van der Waals surface area contributed by atoms with E-state index in [4.69, 9.17) is 9.47 Å². The van der Waals surface area contributed by atoms with Gasteiger partial charge < -0.3 is 24.4 Å². The van der Waals surface area contributed by atoms with Gasteiger partial charge in [0.2, 0.25) is 0 Å². The Morgan fingerprint density at radius 1 is 1.25 bits per heavy atom. The molecule has 1 aliphatic heterocycles. The number of esters is 1. The molecule has 1 saturated heterocycles. The molecule has 0 atom stereocenters. The van der Waals surface area contributed by atoms with E-state index in [9.17, 15) is 4.79 Å². The molecule has 8 heteroatoms. The summed E-state index contributed by atoms with van der Waals surface area (Å²) in [7, 11) is 3.11. The summed E-state index contributed by atoms with van der Waals surface area (Å²) in [4.78, 5) is 17.9. The fourth-order valence-electron chi connectivity index (χ4n) is 2.47. The van der Waals surface area contributed by atoms with Crippen molar-refractivity contribution in [2.45, 2.75) is 38.7 Å². The van der Waals surface area contributed by atoms with E-state index >= 15 is 0 Å². The lowest BCUT2D eigenvalue weighted by Gasteiger charge is -2.34. The number of halogens is 1. The number of likely N-dealkylation sites (tertiary alicyclic amines) is 1. The molecule has 1 N–H and O–H groups in total. The van der Waals surface area contributed by atoms with Crippen LogP contribution in [0.2, 0.25) is 0 Å². The Morgan fingerprint density at radius 2 is 1.96 bits per heavy atom. The molecule has 1 aliphatic rings. The van der Waals surface area contributed by atoms with Crippen LogP contribution in [-0.4, -0.2) is 76.5 Å². The van der Waals surface area contributed by atoms with Crippen LogP contribution in [0.15, 0.2) is 4.99 Å². The Hall–Kier alpha value is -0.610. The number of methoxy groups -OCH3 is 2. The summed E-state index contributed by atoms with van der Waals surface area (Å²) in [6, 6.07) is 0. The van der Waals surface area contributed by atoms with Crippen LogP contribution in [-0.2, 0) is 19.0 Å². The van der Waals surface area contributed by atoms with Crippen LogP contribution in [0.4, 0.5) is 0 Å². The number of piperidine rings is 1. The standard InChI is InChI=1S/C16H31N3O4.HI/c1-4-17-16(18-9-6-15(20)22-3)19-10-7-14(8-11-19)23-13-5-12-21-2;/h14H,4-13H2,1-3H3,(H,17,18);1H. The van der Waals surface area contributed by atoms with Crippen LogP contribution in [0.25, 0.3) is 0 Å². The molecule has 0 aromatic rings. The molecular weight excluding hydrogens is 425 g/mol. The molecule has 24 heavy (non-hydrogen) atoms. The van der Waals surface area contributed by atoms with Crippen molar-refractivity contribution in [2.75, 3.05) is 53.6 Å². The highest BCUT2D eigenvalue weighted by atomic mass is 127. The number of hydrogen-bond acceptors (Lipinski definition) is 5. The van der Waals surface area contributed by atoms with Gasteiger partial charge in [-0.1, -0.05) is 0 Å². The average molecular weight is 457 g/mol. The molecule has 0 aliphatic carbocycles. The maximum atomic E-state index is 11.2. The summed E-state index contributed by atoms with van der Waals surface area (Å²) in [6.45, 7) is 6.63. The summed E-state index contributed by atoms with van der Waals surface area (Å²) >= 11 is 0. The molecule has 0 radical (unpaired) electrons. The zero-order valence-corrected chi connectivity index (χ0v) is 17.4. The first kappa shape index (κ1) is 23.4. The van der Waals surface area contributed by atoms with Gasteiger partial charge in [0.05, 0.1) is 26.2 Å². The minimum atomic E-state index is -0.229. The molecule has 0 spiro atoms. The number of rotatable bonds is 9. The third-order valence-electron chi connectivity index (χ3n) is 3.73. The van der Waals surface area contributed by atoms with Crippen molar-refractivity contribution in [3.8, 4) is 0 Å². The van der Waals surface area contributed by atoms with E-state index < -0.39 is 0 Å². The molecule has 1 rings (SSSR count). The molecule has 0 aromatic heterocycles. The molecule has 0 amide bonds. The van der Waals surface area contributed by atoms with Crippen molar-refractivity contribution < 1.29 is 19.0 Å². The van der Waals surface area contributed by atoms with E-state index in [1.54, 1.807) is 7.11 Å². The molecule has 0 unspecified atom stereocenters. The van der Waals surface area contributed by atoms with Crippen molar-refractivity contribution >= 4 is 35.9 Å². The Labute approximate surface area is 162 Å². The predicted molar refractivity (Wildman–Crippen MR) is 105 cm³/mol. The van der Waals surface area contributed by atoms with Crippen LogP contribution < -0.4 is 5.32 Å². The molecule has 1 heterocycles. The molecular formula is C16H32IN3O4. The normalized spacial score (nSPS) is 15.8. The lowest BCUT2D eigenvalue weighted by Crippen LogP contribution is -2.47. The van der Waals surface area contributed by atoms with Crippen LogP contribution in [0.5, 0.6) is 0 Å². The first-order valence-electron chi connectivity index (χ1n) is 8.41. The fourth-order valence-corrected chi connectivity index (χ4v) is 2.47. The highest BCUT2D eigenvalue weighted by molar-refractivity contribution is 14.0. The largest absolute Gasteiger partial charge is 0.469 e. The topological polar surface area (TPSA) is 72.4 Å².